The van der Waals surface area contributed by atoms with Gasteiger partial charge in [0, 0.05) is 6.07 Å². The molecule has 118 valence electrons. The molecule has 0 aliphatic heterocycles. The molecule has 0 bridgehead atoms. The fourth-order valence-corrected chi connectivity index (χ4v) is 2.53. The summed E-state index contributed by atoms with van der Waals surface area (Å²) in [6.07, 6.45) is 1.49. The Morgan fingerprint density at radius 1 is 1.17 bits per heavy atom. The van der Waals surface area contributed by atoms with Crippen molar-refractivity contribution in [1.82, 2.24) is 0 Å². The third kappa shape index (κ3) is 3.25. The second-order valence-electron chi connectivity index (χ2n) is 5.83. The number of fused-ring (bicyclic) bond motifs is 1. The zero-order chi connectivity index (χ0) is 16.4. The largest absolute Gasteiger partial charge is 0.492 e. The minimum atomic E-state index is -0.102. The summed E-state index contributed by atoms with van der Waals surface area (Å²) >= 11 is 6.25. The second-order valence-corrected chi connectivity index (χ2v) is 6.24. The van der Waals surface area contributed by atoms with Crippen LogP contribution in [0.5, 0.6) is 5.75 Å². The van der Waals surface area contributed by atoms with Gasteiger partial charge < -0.3 is 9.15 Å². The van der Waals surface area contributed by atoms with E-state index in [-0.39, 0.29) is 5.43 Å². The molecule has 0 amide bonds. The fraction of sp³-hybridized carbons (Fsp3) is 0.211. The number of hydrogen-bond acceptors (Lipinski definition) is 3. The van der Waals surface area contributed by atoms with Crippen molar-refractivity contribution in [2.24, 2.45) is 5.92 Å². The molecule has 3 aromatic rings. The molecule has 1 aromatic heterocycles. The highest BCUT2D eigenvalue weighted by Crippen LogP contribution is 2.30. The number of ether oxygens (including phenoxy) is 1. The summed E-state index contributed by atoms with van der Waals surface area (Å²) in [4.78, 5) is 12.7. The Kier molecular flexibility index (Phi) is 4.39. The van der Waals surface area contributed by atoms with E-state index in [1.54, 1.807) is 12.1 Å². The maximum Gasteiger partial charge on any atom is 0.200 e. The van der Waals surface area contributed by atoms with Crippen molar-refractivity contribution in [1.29, 1.82) is 0 Å². The number of rotatable bonds is 4. The lowest BCUT2D eigenvalue weighted by atomic mass is 10.1. The van der Waals surface area contributed by atoms with Crippen molar-refractivity contribution < 1.29 is 9.15 Å². The van der Waals surface area contributed by atoms with E-state index in [1.807, 2.05) is 30.3 Å². The normalized spacial score (nSPS) is 11.1. The minimum Gasteiger partial charge on any atom is -0.492 e. The van der Waals surface area contributed by atoms with Gasteiger partial charge in [0.05, 0.1) is 22.6 Å². The first-order valence-electron chi connectivity index (χ1n) is 7.49. The Bertz CT molecular complexity index is 882. The first-order valence-corrected chi connectivity index (χ1v) is 7.87. The van der Waals surface area contributed by atoms with Crippen LogP contribution in [0.1, 0.15) is 13.8 Å². The average Bonchev–Trinajstić information content (AvgIpc) is 2.55. The van der Waals surface area contributed by atoms with E-state index in [2.05, 4.69) is 13.8 Å². The van der Waals surface area contributed by atoms with Crippen molar-refractivity contribution in [3.05, 3.63) is 64.0 Å². The van der Waals surface area contributed by atoms with Crippen LogP contribution in [0.25, 0.3) is 22.1 Å². The van der Waals surface area contributed by atoms with Crippen molar-refractivity contribution in [3.63, 3.8) is 0 Å². The van der Waals surface area contributed by atoms with Gasteiger partial charge in [-0.25, -0.2) is 0 Å². The molecule has 3 rings (SSSR count). The molecule has 0 aliphatic carbocycles. The van der Waals surface area contributed by atoms with E-state index in [9.17, 15) is 4.79 Å². The van der Waals surface area contributed by atoms with Crippen LogP contribution in [0, 0.1) is 5.92 Å². The molecule has 0 saturated carbocycles. The third-order valence-corrected chi connectivity index (χ3v) is 3.78. The van der Waals surface area contributed by atoms with Gasteiger partial charge in [-0.1, -0.05) is 55.8 Å². The fourth-order valence-electron chi connectivity index (χ4n) is 2.31. The summed E-state index contributed by atoms with van der Waals surface area (Å²) in [5.41, 5.74) is 1.71. The maximum absolute atomic E-state index is 12.7. The lowest BCUT2D eigenvalue weighted by molar-refractivity contribution is 0.271. The molecule has 0 saturated heterocycles. The SMILES string of the molecule is CC(C)COc1cc2occ(-c3ccccc3)c(=O)c2cc1Cl. The summed E-state index contributed by atoms with van der Waals surface area (Å²) in [7, 11) is 0. The Labute approximate surface area is 139 Å². The average molecular weight is 329 g/mol. The number of halogens is 1. The summed E-state index contributed by atoms with van der Waals surface area (Å²) < 4.78 is 11.3. The van der Waals surface area contributed by atoms with Crippen LogP contribution in [0.3, 0.4) is 0 Å². The highest BCUT2D eigenvalue weighted by atomic mass is 35.5. The lowest BCUT2D eigenvalue weighted by Crippen LogP contribution is -2.07. The van der Waals surface area contributed by atoms with Gasteiger partial charge in [0.25, 0.3) is 0 Å². The quantitative estimate of drug-likeness (QED) is 0.665. The van der Waals surface area contributed by atoms with E-state index in [0.29, 0.717) is 39.8 Å². The Morgan fingerprint density at radius 3 is 2.61 bits per heavy atom. The monoisotopic (exact) mass is 328 g/mol. The van der Waals surface area contributed by atoms with Gasteiger partial charge >= 0.3 is 0 Å². The highest BCUT2D eigenvalue weighted by Gasteiger charge is 2.13. The third-order valence-electron chi connectivity index (χ3n) is 3.48. The van der Waals surface area contributed by atoms with Crippen LogP contribution < -0.4 is 10.2 Å². The predicted molar refractivity (Wildman–Crippen MR) is 93.3 cm³/mol. The molecular formula is C19H17ClO3. The van der Waals surface area contributed by atoms with Crippen LogP contribution in [-0.2, 0) is 0 Å². The van der Waals surface area contributed by atoms with Crippen LogP contribution in [0.15, 0.2) is 57.9 Å². The molecule has 2 aromatic carbocycles. The second kappa shape index (κ2) is 6.47. The van der Waals surface area contributed by atoms with Gasteiger partial charge in [-0.15, -0.1) is 0 Å². The summed E-state index contributed by atoms with van der Waals surface area (Å²) in [5, 5.41) is 0.865. The molecule has 0 atom stereocenters. The summed E-state index contributed by atoms with van der Waals surface area (Å²) in [6, 6.07) is 12.7. The smallest absolute Gasteiger partial charge is 0.200 e. The van der Waals surface area contributed by atoms with Crippen LogP contribution >= 0.6 is 11.6 Å². The van der Waals surface area contributed by atoms with Crippen LogP contribution in [0.2, 0.25) is 5.02 Å². The highest BCUT2D eigenvalue weighted by molar-refractivity contribution is 6.32. The van der Waals surface area contributed by atoms with E-state index in [4.69, 9.17) is 20.8 Å². The Balaban J connectivity index is 2.09. The predicted octanol–water partition coefficient (Wildman–Crippen LogP) is 5.15. The molecule has 3 nitrogen and oxygen atoms in total. The van der Waals surface area contributed by atoms with E-state index >= 15 is 0 Å². The van der Waals surface area contributed by atoms with Crippen molar-refractivity contribution in [2.75, 3.05) is 6.61 Å². The molecule has 0 spiro atoms. The van der Waals surface area contributed by atoms with E-state index in [0.717, 1.165) is 5.56 Å². The summed E-state index contributed by atoms with van der Waals surface area (Å²) in [6.45, 7) is 4.67. The van der Waals surface area contributed by atoms with Gasteiger partial charge in [0.1, 0.15) is 17.6 Å². The molecule has 0 aliphatic rings. The van der Waals surface area contributed by atoms with Crippen molar-refractivity contribution in [3.8, 4) is 16.9 Å². The molecule has 0 fully saturated rings. The van der Waals surface area contributed by atoms with Gasteiger partial charge in [-0.05, 0) is 17.5 Å². The Morgan fingerprint density at radius 2 is 1.91 bits per heavy atom. The Hall–Kier alpha value is -2.26. The molecule has 23 heavy (non-hydrogen) atoms. The van der Waals surface area contributed by atoms with Gasteiger partial charge in [0.2, 0.25) is 5.43 Å². The van der Waals surface area contributed by atoms with Crippen molar-refractivity contribution >= 4 is 22.6 Å². The van der Waals surface area contributed by atoms with E-state index in [1.165, 1.54) is 6.26 Å². The van der Waals surface area contributed by atoms with Gasteiger partial charge in [-0.3, -0.25) is 4.79 Å². The maximum atomic E-state index is 12.7. The van der Waals surface area contributed by atoms with E-state index < -0.39 is 0 Å². The summed E-state index contributed by atoms with van der Waals surface area (Å²) in [5.74, 6) is 0.915. The zero-order valence-corrected chi connectivity index (χ0v) is 13.8. The topological polar surface area (TPSA) is 39.4 Å². The number of hydrogen-bond donors (Lipinski definition) is 0. The number of benzene rings is 2. The first kappa shape index (κ1) is 15.6. The molecular weight excluding hydrogens is 312 g/mol. The first-order chi connectivity index (χ1) is 11.1. The standard InChI is InChI=1S/C19H17ClO3/c1-12(2)10-22-18-9-17-14(8-16(18)20)19(21)15(11-23-17)13-6-4-3-5-7-13/h3-9,11-12H,10H2,1-2H3. The molecule has 0 N–H and O–H groups in total. The van der Waals surface area contributed by atoms with Crippen LogP contribution in [0.4, 0.5) is 0 Å². The molecule has 1 heterocycles. The lowest BCUT2D eigenvalue weighted by Gasteiger charge is -2.11. The van der Waals surface area contributed by atoms with Gasteiger partial charge in [0.15, 0.2) is 0 Å². The van der Waals surface area contributed by atoms with Crippen LogP contribution in [-0.4, -0.2) is 6.61 Å². The minimum absolute atomic E-state index is 0.102. The zero-order valence-electron chi connectivity index (χ0n) is 13.0. The van der Waals surface area contributed by atoms with Gasteiger partial charge in [-0.2, -0.15) is 0 Å². The van der Waals surface area contributed by atoms with Crippen molar-refractivity contribution in [2.45, 2.75) is 13.8 Å². The molecule has 4 heteroatoms. The molecule has 0 unspecified atom stereocenters. The molecule has 0 radical (unpaired) electrons.